The van der Waals surface area contributed by atoms with Gasteiger partial charge < -0.3 is 30.8 Å². The molecule has 0 heterocycles. The molecule has 118 valence electrons. The molecular weight excluding hydrogens is 357 g/mol. The van der Waals surface area contributed by atoms with Gasteiger partial charge in [-0.05, 0) is 23.6 Å². The molecule has 0 aliphatic heterocycles. The Morgan fingerprint density at radius 2 is 0.684 bits per heavy atom. The van der Waals surface area contributed by atoms with Crippen LogP contribution in [0.1, 0.15) is 54.8 Å². The molecule has 0 amide bonds. The Hall–Kier alpha value is 2.70. The molecule has 6 N–H and O–H groups in total. The van der Waals surface area contributed by atoms with Gasteiger partial charge in [-0.2, -0.15) is 0 Å². The van der Waals surface area contributed by atoms with E-state index >= 15 is 0 Å². The average molecular weight is 384 g/mol. The van der Waals surface area contributed by atoms with Gasteiger partial charge in [-0.25, -0.2) is 0 Å². The van der Waals surface area contributed by atoms with Crippen LogP contribution < -0.4 is 51.4 Å². The summed E-state index contributed by atoms with van der Waals surface area (Å²) in [5.74, 6) is 0. The van der Waals surface area contributed by atoms with Gasteiger partial charge in [0.1, 0.15) is 0 Å². The van der Waals surface area contributed by atoms with Crippen molar-refractivity contribution in [1.82, 2.24) is 0 Å². The van der Waals surface area contributed by atoms with Gasteiger partial charge in [-0.3, -0.25) is 0 Å². The van der Waals surface area contributed by atoms with Crippen molar-refractivity contribution in [1.29, 1.82) is 0 Å². The van der Waals surface area contributed by atoms with Crippen molar-refractivity contribution in [2.45, 2.75) is 53.4 Å². The third-order valence-corrected chi connectivity index (χ3v) is 1.000. The summed E-state index contributed by atoms with van der Waals surface area (Å²) in [6, 6.07) is 0. The van der Waals surface area contributed by atoms with E-state index in [2.05, 4.69) is 51.3 Å². The van der Waals surface area contributed by atoms with Crippen LogP contribution in [-0.2, 0) is 23.6 Å². The maximum Gasteiger partial charge on any atom is 1.00 e. The van der Waals surface area contributed by atoms with Gasteiger partial charge in [0.2, 0.25) is 0 Å². The fraction of sp³-hybridized carbons (Fsp3) is 1.00. The minimum atomic E-state index is -3.81. The van der Waals surface area contributed by atoms with Crippen molar-refractivity contribution in [3.8, 4) is 0 Å². The van der Waals surface area contributed by atoms with Crippen LogP contribution in [-0.4, -0.2) is 29.4 Å². The van der Waals surface area contributed by atoms with E-state index in [1.165, 1.54) is 25.7 Å². The Morgan fingerprint density at radius 1 is 0.632 bits per heavy atom. The molecule has 0 aliphatic carbocycles. The molecule has 0 bridgehead atoms. The first-order chi connectivity index (χ1) is 7.83. The predicted octanol–water partition coefficient (Wildman–Crippen LogP) is -0.895. The van der Waals surface area contributed by atoms with E-state index < -0.39 is 13.4 Å². The van der Waals surface area contributed by atoms with Gasteiger partial charge >= 0.3 is 64.8 Å². The molecule has 0 atom stereocenters. The minimum absolute atomic E-state index is 0. The first-order valence-corrected chi connectivity index (χ1v) is 10.7. The van der Waals surface area contributed by atoms with Gasteiger partial charge in [-0.15, -0.1) is 0 Å². The van der Waals surface area contributed by atoms with Crippen molar-refractivity contribution in [2.24, 2.45) is 0 Å². The molecule has 0 saturated heterocycles. The van der Waals surface area contributed by atoms with Crippen LogP contribution in [0.15, 0.2) is 0 Å². The summed E-state index contributed by atoms with van der Waals surface area (Å²) < 4.78 is 0. The van der Waals surface area contributed by atoms with Crippen molar-refractivity contribution < 1.29 is 82.2 Å². The molecule has 0 aromatic rings. The molecular formula is C8H27KO6P2S2. The van der Waals surface area contributed by atoms with E-state index in [0.717, 1.165) is 0 Å². The Balaban J connectivity index is -0.0000000318. The fourth-order valence-corrected chi connectivity index (χ4v) is 0. The number of unbranched alkanes of at least 4 members (excludes halogenated alkanes) is 2. The quantitative estimate of drug-likeness (QED) is 0.268. The van der Waals surface area contributed by atoms with E-state index in [4.69, 9.17) is 29.4 Å². The topological polar surface area (TPSA) is 121 Å². The van der Waals surface area contributed by atoms with Crippen molar-refractivity contribution in [3.05, 3.63) is 0 Å². The summed E-state index contributed by atoms with van der Waals surface area (Å²) in [5.41, 5.74) is 0. The predicted molar refractivity (Wildman–Crippen MR) is 84.2 cm³/mol. The monoisotopic (exact) mass is 384 g/mol. The van der Waals surface area contributed by atoms with Crippen LogP contribution >= 0.6 is 13.4 Å². The Bertz CT molecular complexity index is 194. The molecule has 0 rings (SSSR count). The standard InChI is InChI=1S/2C4H10.K.2H3O3PS.H/c2*1-3-4-2;;2*1-4(2,3)5;/h2*3-4H2,1-2H3;;2*(H3,1,2,3,5);/q;;+1;;;-1. The van der Waals surface area contributed by atoms with Crippen LogP contribution in [0.25, 0.3) is 0 Å². The maximum absolute atomic E-state index is 7.56. The number of rotatable bonds is 2. The molecule has 0 saturated carbocycles. The number of hydrogen-bond acceptors (Lipinski definition) is 2. The van der Waals surface area contributed by atoms with Gasteiger partial charge in [-0.1, -0.05) is 53.4 Å². The van der Waals surface area contributed by atoms with Gasteiger partial charge in [0, 0.05) is 0 Å². The Morgan fingerprint density at radius 3 is 0.684 bits per heavy atom. The second-order valence-corrected chi connectivity index (χ2v) is 8.02. The summed E-state index contributed by atoms with van der Waals surface area (Å²) >= 11 is 7.21. The molecule has 0 fully saturated rings. The third kappa shape index (κ3) is 328. The van der Waals surface area contributed by atoms with E-state index in [1.54, 1.807) is 0 Å². The molecule has 0 radical (unpaired) electrons. The van der Waals surface area contributed by atoms with E-state index in [1.807, 2.05) is 0 Å². The molecule has 6 nitrogen and oxygen atoms in total. The molecule has 0 aliphatic rings. The zero-order valence-electron chi connectivity index (χ0n) is 13.2. The van der Waals surface area contributed by atoms with E-state index in [9.17, 15) is 0 Å². The second-order valence-electron chi connectivity index (χ2n) is 3.03. The van der Waals surface area contributed by atoms with Crippen molar-refractivity contribution >= 4 is 37.1 Å². The summed E-state index contributed by atoms with van der Waals surface area (Å²) in [4.78, 5) is 45.3. The Labute approximate surface area is 170 Å². The van der Waals surface area contributed by atoms with Crippen molar-refractivity contribution in [2.75, 3.05) is 0 Å². The Kier molecular flexibility index (Phi) is 40.3. The zero-order valence-corrected chi connectivity index (χ0v) is 18.8. The fourth-order valence-electron chi connectivity index (χ4n) is 0. The zero-order chi connectivity index (χ0) is 15.8. The summed E-state index contributed by atoms with van der Waals surface area (Å²) in [7, 11) is 0. The minimum Gasteiger partial charge on any atom is -1.00 e. The van der Waals surface area contributed by atoms with Gasteiger partial charge in [0.15, 0.2) is 0 Å². The van der Waals surface area contributed by atoms with Crippen LogP contribution in [0.4, 0.5) is 0 Å². The van der Waals surface area contributed by atoms with Gasteiger partial charge in [0.25, 0.3) is 0 Å². The van der Waals surface area contributed by atoms with E-state index in [0.29, 0.717) is 0 Å². The average Bonchev–Trinajstić information content (AvgIpc) is 2.12. The normalized spacial score (nSPS) is 9.37. The SMILES string of the molecule is CCCC.CCCC.OP(O)(O)=S.OP(O)(O)=S.[H-].[K+]. The molecule has 0 aromatic carbocycles. The maximum atomic E-state index is 7.56. The van der Waals surface area contributed by atoms with Crippen molar-refractivity contribution in [3.63, 3.8) is 0 Å². The van der Waals surface area contributed by atoms with Crippen LogP contribution in [0.3, 0.4) is 0 Å². The first kappa shape index (κ1) is 33.3. The smallest absolute Gasteiger partial charge is 1.00 e. The third-order valence-electron chi connectivity index (χ3n) is 1.000. The summed E-state index contributed by atoms with van der Waals surface area (Å²) in [6.45, 7) is 1.11. The first-order valence-electron chi connectivity index (χ1n) is 5.39. The summed E-state index contributed by atoms with van der Waals surface area (Å²) in [6.07, 6.45) is 5.28. The molecule has 0 unspecified atom stereocenters. The molecule has 11 heteroatoms. The number of hydrogen-bond donors (Lipinski definition) is 6. The molecule has 0 aromatic heterocycles. The summed E-state index contributed by atoms with van der Waals surface area (Å²) in [5, 5.41) is 0. The van der Waals surface area contributed by atoms with Crippen LogP contribution in [0.2, 0.25) is 0 Å². The van der Waals surface area contributed by atoms with Crippen LogP contribution in [0.5, 0.6) is 0 Å². The molecule has 19 heavy (non-hydrogen) atoms. The largest absolute Gasteiger partial charge is 1.00 e. The van der Waals surface area contributed by atoms with Crippen LogP contribution in [0, 0.1) is 0 Å². The second kappa shape index (κ2) is 23.0. The van der Waals surface area contributed by atoms with E-state index in [-0.39, 0.29) is 52.8 Å². The molecule has 0 spiro atoms. The van der Waals surface area contributed by atoms with Gasteiger partial charge in [0.05, 0.1) is 0 Å².